The Morgan fingerprint density at radius 1 is 1.22 bits per heavy atom. The highest BCUT2D eigenvalue weighted by molar-refractivity contribution is 5.79. The lowest BCUT2D eigenvalue weighted by Gasteiger charge is -2.34. The number of aryl methyl sites for hydroxylation is 2. The average molecular weight is 311 g/mol. The standard InChI is InChI=1S/C19H25N3O/c1-13-7-9-21(10-8-13)19(23)15-4-5-16-17(11-15)22-12-14(2)3-6-18(22)20-16/h3,6,12-13,15H,4-5,7-11H2,1-2H3. The molecular weight excluding hydrogens is 286 g/mol. The maximum Gasteiger partial charge on any atom is 0.226 e. The molecule has 1 unspecified atom stereocenters. The number of piperidine rings is 1. The maximum atomic E-state index is 12.9. The first-order valence-electron chi connectivity index (χ1n) is 8.87. The Morgan fingerprint density at radius 2 is 2.00 bits per heavy atom. The van der Waals surface area contributed by atoms with Crippen LogP contribution in [0.2, 0.25) is 0 Å². The first-order chi connectivity index (χ1) is 11.1. The zero-order chi connectivity index (χ0) is 16.0. The second kappa shape index (κ2) is 5.66. The van der Waals surface area contributed by atoms with Crippen molar-refractivity contribution in [1.82, 2.24) is 14.3 Å². The third-order valence-electron chi connectivity index (χ3n) is 5.56. The number of fused-ring (bicyclic) bond motifs is 3. The van der Waals surface area contributed by atoms with Crippen LogP contribution in [-0.4, -0.2) is 33.3 Å². The molecule has 4 nitrogen and oxygen atoms in total. The van der Waals surface area contributed by atoms with Gasteiger partial charge in [0.1, 0.15) is 5.65 Å². The van der Waals surface area contributed by atoms with Crippen molar-refractivity contribution in [3.05, 3.63) is 35.3 Å². The first-order valence-corrected chi connectivity index (χ1v) is 8.87. The Bertz CT molecular complexity index is 740. The zero-order valence-corrected chi connectivity index (χ0v) is 14.1. The molecule has 0 bridgehead atoms. The summed E-state index contributed by atoms with van der Waals surface area (Å²) < 4.78 is 2.20. The van der Waals surface area contributed by atoms with Crippen LogP contribution in [-0.2, 0) is 17.6 Å². The van der Waals surface area contributed by atoms with Crippen LogP contribution in [0.15, 0.2) is 18.3 Å². The summed E-state index contributed by atoms with van der Waals surface area (Å²) >= 11 is 0. The number of rotatable bonds is 1. The number of pyridine rings is 1. The number of hydrogen-bond acceptors (Lipinski definition) is 2. The van der Waals surface area contributed by atoms with E-state index in [9.17, 15) is 4.79 Å². The lowest BCUT2D eigenvalue weighted by molar-refractivity contribution is -0.137. The summed E-state index contributed by atoms with van der Waals surface area (Å²) in [6.07, 6.45) is 7.16. The third-order valence-corrected chi connectivity index (χ3v) is 5.56. The summed E-state index contributed by atoms with van der Waals surface area (Å²) in [5, 5.41) is 0. The van der Waals surface area contributed by atoms with Crippen molar-refractivity contribution in [2.75, 3.05) is 13.1 Å². The van der Waals surface area contributed by atoms with Gasteiger partial charge in [-0.2, -0.15) is 0 Å². The molecule has 4 heteroatoms. The molecule has 2 aromatic rings. The van der Waals surface area contributed by atoms with Gasteiger partial charge in [-0.15, -0.1) is 0 Å². The summed E-state index contributed by atoms with van der Waals surface area (Å²) in [6.45, 7) is 6.27. The van der Waals surface area contributed by atoms with Crippen LogP contribution in [0.1, 0.15) is 43.1 Å². The Morgan fingerprint density at radius 3 is 2.78 bits per heavy atom. The first kappa shape index (κ1) is 14.7. The highest BCUT2D eigenvalue weighted by Crippen LogP contribution is 2.29. The molecular formula is C19H25N3O. The number of amides is 1. The van der Waals surface area contributed by atoms with E-state index in [1.807, 2.05) is 0 Å². The Hall–Kier alpha value is -1.84. The third kappa shape index (κ3) is 2.64. The normalized spacial score (nSPS) is 22.3. The molecule has 1 fully saturated rings. The van der Waals surface area contributed by atoms with Crippen molar-refractivity contribution < 1.29 is 4.79 Å². The van der Waals surface area contributed by atoms with Crippen LogP contribution in [0.3, 0.4) is 0 Å². The van der Waals surface area contributed by atoms with E-state index in [-0.39, 0.29) is 5.92 Å². The molecule has 0 spiro atoms. The predicted molar refractivity (Wildman–Crippen MR) is 90.4 cm³/mol. The van der Waals surface area contributed by atoms with Crippen molar-refractivity contribution in [1.29, 1.82) is 0 Å². The minimum absolute atomic E-state index is 0.135. The van der Waals surface area contributed by atoms with E-state index >= 15 is 0 Å². The molecule has 3 heterocycles. The van der Waals surface area contributed by atoms with E-state index in [4.69, 9.17) is 4.98 Å². The number of carbonyl (C=O) groups excluding carboxylic acids is 1. The Kier molecular flexibility index (Phi) is 3.63. The van der Waals surface area contributed by atoms with Crippen molar-refractivity contribution >= 4 is 11.6 Å². The molecule has 4 rings (SSSR count). The topological polar surface area (TPSA) is 37.6 Å². The fourth-order valence-electron chi connectivity index (χ4n) is 4.01. The van der Waals surface area contributed by atoms with Crippen molar-refractivity contribution in [3.8, 4) is 0 Å². The molecule has 1 atom stereocenters. The summed E-state index contributed by atoms with van der Waals surface area (Å²) in [6, 6.07) is 4.18. The maximum absolute atomic E-state index is 12.9. The van der Waals surface area contributed by atoms with Gasteiger partial charge >= 0.3 is 0 Å². The fraction of sp³-hybridized carbons (Fsp3) is 0.579. The molecule has 0 radical (unpaired) electrons. The number of imidazole rings is 1. The van der Waals surface area contributed by atoms with Gasteiger partial charge in [-0.1, -0.05) is 13.0 Å². The van der Waals surface area contributed by atoms with Crippen LogP contribution in [0.25, 0.3) is 5.65 Å². The van der Waals surface area contributed by atoms with Gasteiger partial charge < -0.3 is 9.30 Å². The van der Waals surface area contributed by atoms with Crippen molar-refractivity contribution in [2.24, 2.45) is 11.8 Å². The predicted octanol–water partition coefficient (Wildman–Crippen LogP) is 3.01. The molecule has 0 saturated carbocycles. The lowest BCUT2D eigenvalue weighted by atomic mass is 9.87. The van der Waals surface area contributed by atoms with E-state index in [1.165, 1.54) is 17.0 Å². The largest absolute Gasteiger partial charge is 0.342 e. The van der Waals surface area contributed by atoms with Crippen molar-refractivity contribution in [3.63, 3.8) is 0 Å². The SMILES string of the molecule is Cc1ccc2nc3c(n2c1)CC(C(=O)N1CCC(C)CC1)CC3. The molecule has 122 valence electrons. The molecule has 2 aromatic heterocycles. The van der Waals surface area contributed by atoms with Gasteiger partial charge in [0.2, 0.25) is 5.91 Å². The molecule has 0 N–H and O–H groups in total. The van der Waals surface area contributed by atoms with Gasteiger partial charge in [0.15, 0.2) is 0 Å². The van der Waals surface area contributed by atoms with Gasteiger partial charge in [0.25, 0.3) is 0 Å². The molecule has 1 aliphatic heterocycles. The van der Waals surface area contributed by atoms with Crippen LogP contribution in [0, 0.1) is 18.8 Å². The summed E-state index contributed by atoms with van der Waals surface area (Å²) in [5.74, 6) is 1.26. The fourth-order valence-corrected chi connectivity index (χ4v) is 4.01. The van der Waals surface area contributed by atoms with E-state index in [0.29, 0.717) is 5.91 Å². The monoisotopic (exact) mass is 311 g/mol. The molecule has 1 amide bonds. The summed E-state index contributed by atoms with van der Waals surface area (Å²) in [5.41, 5.74) is 4.68. The van der Waals surface area contributed by atoms with E-state index in [0.717, 1.165) is 56.8 Å². The smallest absolute Gasteiger partial charge is 0.226 e. The van der Waals surface area contributed by atoms with Gasteiger partial charge in [0.05, 0.1) is 5.69 Å². The second-order valence-corrected chi connectivity index (χ2v) is 7.39. The van der Waals surface area contributed by atoms with Gasteiger partial charge in [-0.3, -0.25) is 4.79 Å². The molecule has 23 heavy (non-hydrogen) atoms. The van der Waals surface area contributed by atoms with Crippen LogP contribution in [0.4, 0.5) is 0 Å². The second-order valence-electron chi connectivity index (χ2n) is 7.39. The van der Waals surface area contributed by atoms with Gasteiger partial charge in [-0.25, -0.2) is 4.98 Å². The van der Waals surface area contributed by atoms with Crippen molar-refractivity contribution in [2.45, 2.75) is 46.0 Å². The van der Waals surface area contributed by atoms with Gasteiger partial charge in [0, 0.05) is 37.3 Å². The Labute approximate surface area is 137 Å². The number of likely N-dealkylation sites (tertiary alicyclic amines) is 1. The molecule has 2 aliphatic rings. The minimum Gasteiger partial charge on any atom is -0.342 e. The molecule has 1 saturated heterocycles. The van der Waals surface area contributed by atoms with E-state index < -0.39 is 0 Å². The number of aromatic nitrogens is 2. The lowest BCUT2D eigenvalue weighted by Crippen LogP contribution is -2.42. The van der Waals surface area contributed by atoms with Crippen LogP contribution < -0.4 is 0 Å². The highest BCUT2D eigenvalue weighted by Gasteiger charge is 2.32. The number of nitrogens with zero attached hydrogens (tertiary/aromatic N) is 3. The molecule has 0 aromatic carbocycles. The van der Waals surface area contributed by atoms with Crippen LogP contribution >= 0.6 is 0 Å². The number of carbonyl (C=O) groups is 1. The molecule has 1 aliphatic carbocycles. The quantitative estimate of drug-likeness (QED) is 0.812. The number of hydrogen-bond donors (Lipinski definition) is 0. The zero-order valence-electron chi connectivity index (χ0n) is 14.1. The van der Waals surface area contributed by atoms with E-state index in [1.54, 1.807) is 0 Å². The minimum atomic E-state index is 0.135. The Balaban J connectivity index is 1.57. The van der Waals surface area contributed by atoms with Crippen LogP contribution in [0.5, 0.6) is 0 Å². The van der Waals surface area contributed by atoms with E-state index in [2.05, 4.69) is 41.5 Å². The highest BCUT2D eigenvalue weighted by atomic mass is 16.2. The average Bonchev–Trinajstić information content (AvgIpc) is 2.92. The summed E-state index contributed by atoms with van der Waals surface area (Å²) in [7, 11) is 0. The van der Waals surface area contributed by atoms with Gasteiger partial charge in [-0.05, 0) is 50.2 Å². The summed E-state index contributed by atoms with van der Waals surface area (Å²) in [4.78, 5) is 19.7.